The highest BCUT2D eigenvalue weighted by Gasteiger charge is 2.21. The van der Waals surface area contributed by atoms with E-state index in [1.807, 2.05) is 6.92 Å². The summed E-state index contributed by atoms with van der Waals surface area (Å²) in [7, 11) is -4.31. The molecular weight excluding hydrogens is 304 g/mol. The molecule has 6 nitrogen and oxygen atoms in total. The van der Waals surface area contributed by atoms with E-state index in [9.17, 15) is 17.2 Å². The minimum Gasteiger partial charge on any atom is -0.484 e. The van der Waals surface area contributed by atoms with Gasteiger partial charge < -0.3 is 4.74 Å². The van der Waals surface area contributed by atoms with Crippen LogP contribution in [0.4, 0.5) is 8.78 Å². The van der Waals surface area contributed by atoms with E-state index >= 15 is 0 Å². The third-order valence-corrected chi connectivity index (χ3v) is 3.59. The van der Waals surface area contributed by atoms with Crippen molar-refractivity contribution >= 4 is 10.0 Å². The Kier molecular flexibility index (Phi) is 4.24. The number of ether oxygens (including phenoxy) is 1. The molecule has 9 heteroatoms. The molecule has 1 heterocycles. The van der Waals surface area contributed by atoms with E-state index in [4.69, 9.17) is 9.88 Å². The average Bonchev–Trinajstić information content (AvgIpc) is 2.83. The van der Waals surface area contributed by atoms with E-state index in [1.165, 1.54) is 6.20 Å². The molecule has 2 rings (SSSR count). The van der Waals surface area contributed by atoms with Crippen LogP contribution >= 0.6 is 0 Å². The second kappa shape index (κ2) is 5.78. The Hall–Kier alpha value is -2.00. The fourth-order valence-corrected chi connectivity index (χ4v) is 2.39. The molecule has 1 aromatic heterocycles. The van der Waals surface area contributed by atoms with Crippen LogP contribution in [0.3, 0.4) is 0 Å². The summed E-state index contributed by atoms with van der Waals surface area (Å²) in [5.74, 6) is -2.80. The maximum Gasteiger partial charge on any atom is 0.241 e. The molecule has 0 aliphatic heterocycles. The monoisotopic (exact) mass is 317 g/mol. The first kappa shape index (κ1) is 15.4. The first-order chi connectivity index (χ1) is 9.81. The highest BCUT2D eigenvalue weighted by atomic mass is 32.2. The number of hydrogen-bond acceptors (Lipinski definition) is 4. The van der Waals surface area contributed by atoms with E-state index in [-0.39, 0.29) is 6.61 Å². The number of nitrogens with two attached hydrogens (primary N) is 1. The fraction of sp³-hybridized carbons (Fsp3) is 0.250. The van der Waals surface area contributed by atoms with Crippen LogP contribution in [-0.4, -0.2) is 18.2 Å². The van der Waals surface area contributed by atoms with Gasteiger partial charge in [-0.2, -0.15) is 5.10 Å². The normalized spacial score (nSPS) is 11.6. The van der Waals surface area contributed by atoms with Crippen molar-refractivity contribution in [2.75, 3.05) is 0 Å². The Labute approximate surface area is 120 Å². The molecule has 2 aromatic rings. The van der Waals surface area contributed by atoms with Crippen molar-refractivity contribution in [1.82, 2.24) is 9.78 Å². The first-order valence-corrected chi connectivity index (χ1v) is 7.52. The summed E-state index contributed by atoms with van der Waals surface area (Å²) in [5.41, 5.74) is 0.612. The summed E-state index contributed by atoms with van der Waals surface area (Å²) in [6.45, 7) is 2.41. The Balaban J connectivity index is 2.31. The standard InChI is InChI=1S/C12H13F2N3O3S/c1-2-17-6-8(5-16-17)7-20-12-10(14)3-9(13)4-11(12)21(15,18)19/h3-6H,2,7H2,1H3,(H2,15,18,19). The zero-order chi connectivity index (χ0) is 15.6. The SMILES string of the molecule is CCn1cc(COc2c(F)cc(F)cc2S(N)(=O)=O)cn1. The second-order valence-corrected chi connectivity index (χ2v) is 5.78. The van der Waals surface area contributed by atoms with Crippen molar-refractivity contribution in [3.63, 3.8) is 0 Å². The van der Waals surface area contributed by atoms with Crippen molar-refractivity contribution in [2.45, 2.75) is 25.0 Å². The number of aryl methyl sites for hydroxylation is 1. The minimum absolute atomic E-state index is 0.120. The van der Waals surface area contributed by atoms with Crippen LogP contribution in [-0.2, 0) is 23.2 Å². The lowest BCUT2D eigenvalue weighted by Crippen LogP contribution is -2.15. The summed E-state index contributed by atoms with van der Waals surface area (Å²) in [6.07, 6.45) is 3.17. The highest BCUT2D eigenvalue weighted by molar-refractivity contribution is 7.89. The lowest BCUT2D eigenvalue weighted by atomic mass is 10.3. The fourth-order valence-electron chi connectivity index (χ4n) is 1.70. The summed E-state index contributed by atoms with van der Waals surface area (Å²) >= 11 is 0. The Morgan fingerprint density at radius 1 is 1.38 bits per heavy atom. The molecule has 2 N–H and O–H groups in total. The Morgan fingerprint density at radius 2 is 2.10 bits per heavy atom. The maximum atomic E-state index is 13.7. The van der Waals surface area contributed by atoms with Crippen molar-refractivity contribution in [1.29, 1.82) is 0 Å². The average molecular weight is 317 g/mol. The molecule has 0 amide bonds. The van der Waals surface area contributed by atoms with Gasteiger partial charge in [0.25, 0.3) is 0 Å². The lowest BCUT2D eigenvalue weighted by molar-refractivity contribution is 0.280. The molecule has 0 atom stereocenters. The van der Waals surface area contributed by atoms with Crippen LogP contribution in [0.2, 0.25) is 0 Å². The van der Waals surface area contributed by atoms with E-state index in [2.05, 4.69) is 5.10 Å². The van der Waals surface area contributed by atoms with Gasteiger partial charge in [0.2, 0.25) is 10.0 Å². The van der Waals surface area contributed by atoms with Crippen molar-refractivity contribution in [3.05, 3.63) is 41.7 Å². The molecule has 0 saturated carbocycles. The lowest BCUT2D eigenvalue weighted by Gasteiger charge is -2.10. The summed E-state index contributed by atoms with van der Waals surface area (Å²) in [4.78, 5) is -0.733. The van der Waals surface area contributed by atoms with Gasteiger partial charge in [-0.15, -0.1) is 0 Å². The first-order valence-electron chi connectivity index (χ1n) is 5.97. The van der Waals surface area contributed by atoms with Crippen LogP contribution in [0.25, 0.3) is 0 Å². The van der Waals surface area contributed by atoms with Gasteiger partial charge in [-0.05, 0) is 13.0 Å². The van der Waals surface area contributed by atoms with E-state index in [0.29, 0.717) is 24.2 Å². The zero-order valence-electron chi connectivity index (χ0n) is 11.1. The third kappa shape index (κ3) is 3.56. The third-order valence-electron chi connectivity index (χ3n) is 2.67. The van der Waals surface area contributed by atoms with Gasteiger partial charge in [0.15, 0.2) is 11.6 Å². The van der Waals surface area contributed by atoms with Crippen LogP contribution in [0, 0.1) is 11.6 Å². The maximum absolute atomic E-state index is 13.7. The highest BCUT2D eigenvalue weighted by Crippen LogP contribution is 2.28. The molecular formula is C12H13F2N3O3S. The molecule has 1 aromatic carbocycles. The van der Waals surface area contributed by atoms with Gasteiger partial charge in [0.05, 0.1) is 6.20 Å². The molecule has 0 unspecified atom stereocenters. The largest absolute Gasteiger partial charge is 0.484 e. The van der Waals surface area contributed by atoms with Crippen molar-refractivity contribution in [3.8, 4) is 5.75 Å². The second-order valence-electron chi connectivity index (χ2n) is 4.25. The minimum atomic E-state index is -4.31. The van der Waals surface area contributed by atoms with E-state index < -0.39 is 32.3 Å². The number of sulfonamides is 1. The number of primary sulfonamides is 1. The zero-order valence-corrected chi connectivity index (χ0v) is 11.9. The quantitative estimate of drug-likeness (QED) is 0.903. The molecule has 0 saturated heterocycles. The summed E-state index contributed by atoms with van der Waals surface area (Å²) in [5, 5.41) is 8.93. The van der Waals surface area contributed by atoms with Crippen LogP contribution in [0.5, 0.6) is 5.75 Å². The van der Waals surface area contributed by atoms with Crippen LogP contribution in [0.15, 0.2) is 29.4 Å². The summed E-state index contributed by atoms with van der Waals surface area (Å²) < 4.78 is 56.3. The number of hydrogen-bond donors (Lipinski definition) is 1. The van der Waals surface area contributed by atoms with Crippen molar-refractivity contribution in [2.24, 2.45) is 5.14 Å². The molecule has 0 spiro atoms. The van der Waals surface area contributed by atoms with Crippen LogP contribution < -0.4 is 9.88 Å². The van der Waals surface area contributed by atoms with Gasteiger partial charge in [-0.25, -0.2) is 22.3 Å². The van der Waals surface area contributed by atoms with Gasteiger partial charge >= 0.3 is 0 Å². The molecule has 21 heavy (non-hydrogen) atoms. The number of halogens is 2. The summed E-state index contributed by atoms with van der Waals surface area (Å²) in [6, 6.07) is 1.14. The smallest absolute Gasteiger partial charge is 0.241 e. The number of nitrogens with zero attached hydrogens (tertiary/aromatic N) is 2. The number of rotatable bonds is 5. The van der Waals surface area contributed by atoms with E-state index in [0.717, 1.165) is 0 Å². The number of benzene rings is 1. The molecule has 0 bridgehead atoms. The van der Waals surface area contributed by atoms with E-state index in [1.54, 1.807) is 10.9 Å². The molecule has 0 aliphatic carbocycles. The van der Waals surface area contributed by atoms with Gasteiger partial charge in [-0.1, -0.05) is 0 Å². The predicted molar refractivity (Wildman–Crippen MR) is 70.0 cm³/mol. The van der Waals surface area contributed by atoms with Gasteiger partial charge in [0.1, 0.15) is 17.3 Å². The van der Waals surface area contributed by atoms with Crippen LogP contribution in [0.1, 0.15) is 12.5 Å². The number of aromatic nitrogens is 2. The predicted octanol–water partition coefficient (Wildman–Crippen LogP) is 1.41. The van der Waals surface area contributed by atoms with Gasteiger partial charge in [-0.3, -0.25) is 4.68 Å². The molecule has 114 valence electrons. The topological polar surface area (TPSA) is 87.2 Å². The molecule has 0 fully saturated rings. The Bertz CT molecular complexity index is 759. The Morgan fingerprint density at radius 3 is 2.67 bits per heavy atom. The molecule has 0 radical (unpaired) electrons. The van der Waals surface area contributed by atoms with Crippen molar-refractivity contribution < 1.29 is 21.9 Å². The van der Waals surface area contributed by atoms with Gasteiger partial charge in [0, 0.05) is 24.4 Å². The molecule has 0 aliphatic rings.